The first-order valence-corrected chi connectivity index (χ1v) is 7.12. The van der Waals surface area contributed by atoms with E-state index in [2.05, 4.69) is 24.3 Å². The maximum atomic E-state index is 11.5. The SMILES string of the molecule is NC(=O)c1ccccc1Sc1cccc2ccccc12. The lowest BCUT2D eigenvalue weighted by atomic mass is 10.1. The fourth-order valence-electron chi connectivity index (χ4n) is 2.16. The molecule has 0 bridgehead atoms. The van der Waals surface area contributed by atoms with Gasteiger partial charge in [-0.15, -0.1) is 0 Å². The highest BCUT2D eigenvalue weighted by Crippen LogP contribution is 2.35. The van der Waals surface area contributed by atoms with Gasteiger partial charge in [-0.2, -0.15) is 0 Å². The van der Waals surface area contributed by atoms with Gasteiger partial charge in [0.05, 0.1) is 5.56 Å². The minimum atomic E-state index is -0.395. The van der Waals surface area contributed by atoms with Crippen LogP contribution in [0.4, 0.5) is 0 Å². The number of carbonyl (C=O) groups is 1. The topological polar surface area (TPSA) is 43.1 Å². The molecule has 0 saturated heterocycles. The van der Waals surface area contributed by atoms with Gasteiger partial charge in [0.25, 0.3) is 0 Å². The molecule has 1 amide bonds. The molecule has 0 radical (unpaired) electrons. The molecule has 98 valence electrons. The lowest BCUT2D eigenvalue weighted by Crippen LogP contribution is -2.11. The molecular weight excluding hydrogens is 266 g/mol. The third kappa shape index (κ3) is 2.40. The van der Waals surface area contributed by atoms with Crippen molar-refractivity contribution in [1.29, 1.82) is 0 Å². The summed E-state index contributed by atoms with van der Waals surface area (Å²) in [6, 6.07) is 21.8. The molecule has 2 N–H and O–H groups in total. The summed E-state index contributed by atoms with van der Waals surface area (Å²) in [6.45, 7) is 0. The van der Waals surface area contributed by atoms with E-state index in [-0.39, 0.29) is 0 Å². The summed E-state index contributed by atoms with van der Waals surface area (Å²) >= 11 is 1.57. The molecule has 0 fully saturated rings. The Labute approximate surface area is 121 Å². The van der Waals surface area contributed by atoms with Crippen LogP contribution in [0.1, 0.15) is 10.4 Å². The Kier molecular flexibility index (Phi) is 3.44. The normalized spacial score (nSPS) is 10.6. The van der Waals surface area contributed by atoms with Crippen molar-refractivity contribution in [3.8, 4) is 0 Å². The molecule has 0 aliphatic heterocycles. The van der Waals surface area contributed by atoms with E-state index < -0.39 is 5.91 Å². The van der Waals surface area contributed by atoms with Gasteiger partial charge in [-0.3, -0.25) is 4.79 Å². The third-order valence-corrected chi connectivity index (χ3v) is 4.27. The van der Waals surface area contributed by atoms with Gasteiger partial charge in [0, 0.05) is 9.79 Å². The van der Waals surface area contributed by atoms with Crippen molar-refractivity contribution in [2.24, 2.45) is 5.73 Å². The van der Waals surface area contributed by atoms with Crippen molar-refractivity contribution < 1.29 is 4.79 Å². The summed E-state index contributed by atoms with van der Waals surface area (Å²) in [4.78, 5) is 13.5. The molecule has 0 saturated carbocycles. The van der Waals surface area contributed by atoms with Crippen LogP contribution in [-0.2, 0) is 0 Å². The monoisotopic (exact) mass is 279 g/mol. The van der Waals surface area contributed by atoms with Gasteiger partial charge in [0.2, 0.25) is 5.91 Å². The van der Waals surface area contributed by atoms with Crippen LogP contribution in [0.15, 0.2) is 76.5 Å². The Hall–Kier alpha value is -2.26. The minimum absolute atomic E-state index is 0.395. The fourth-order valence-corrected chi connectivity index (χ4v) is 3.27. The summed E-state index contributed by atoms with van der Waals surface area (Å²) < 4.78 is 0. The smallest absolute Gasteiger partial charge is 0.249 e. The lowest BCUT2D eigenvalue weighted by Gasteiger charge is -2.08. The predicted octanol–water partition coefficient (Wildman–Crippen LogP) is 4.09. The molecule has 0 atom stereocenters. The van der Waals surface area contributed by atoms with Crippen LogP contribution in [0.3, 0.4) is 0 Å². The van der Waals surface area contributed by atoms with E-state index in [9.17, 15) is 4.79 Å². The van der Waals surface area contributed by atoms with Crippen LogP contribution in [0.2, 0.25) is 0 Å². The van der Waals surface area contributed by atoms with Crippen molar-refractivity contribution in [1.82, 2.24) is 0 Å². The number of amides is 1. The highest BCUT2D eigenvalue weighted by atomic mass is 32.2. The van der Waals surface area contributed by atoms with Crippen LogP contribution >= 0.6 is 11.8 Å². The zero-order valence-electron chi connectivity index (χ0n) is 10.7. The molecule has 0 unspecified atom stereocenters. The lowest BCUT2D eigenvalue weighted by molar-refractivity contribution is 0.0997. The van der Waals surface area contributed by atoms with E-state index in [1.807, 2.05) is 36.4 Å². The van der Waals surface area contributed by atoms with E-state index in [0.717, 1.165) is 9.79 Å². The zero-order valence-corrected chi connectivity index (χ0v) is 11.6. The maximum Gasteiger partial charge on any atom is 0.249 e. The number of primary amides is 1. The highest BCUT2D eigenvalue weighted by Gasteiger charge is 2.10. The number of hydrogen-bond acceptors (Lipinski definition) is 2. The average molecular weight is 279 g/mol. The van der Waals surface area contributed by atoms with Crippen LogP contribution < -0.4 is 5.73 Å². The summed E-state index contributed by atoms with van der Waals surface area (Å²) in [7, 11) is 0. The molecule has 20 heavy (non-hydrogen) atoms. The summed E-state index contributed by atoms with van der Waals surface area (Å²) in [6.07, 6.45) is 0. The summed E-state index contributed by atoms with van der Waals surface area (Å²) in [5.74, 6) is -0.395. The number of hydrogen-bond donors (Lipinski definition) is 1. The second-order valence-electron chi connectivity index (χ2n) is 4.44. The largest absolute Gasteiger partial charge is 0.366 e. The van der Waals surface area contributed by atoms with E-state index in [1.54, 1.807) is 17.8 Å². The number of rotatable bonds is 3. The quantitative estimate of drug-likeness (QED) is 0.784. The molecule has 0 aromatic heterocycles. The number of nitrogens with two attached hydrogens (primary N) is 1. The van der Waals surface area contributed by atoms with Crippen molar-refractivity contribution in [3.63, 3.8) is 0 Å². The molecule has 0 aliphatic rings. The zero-order chi connectivity index (χ0) is 13.9. The minimum Gasteiger partial charge on any atom is -0.366 e. The van der Waals surface area contributed by atoms with Gasteiger partial charge in [-0.1, -0.05) is 60.3 Å². The molecule has 2 nitrogen and oxygen atoms in total. The second-order valence-corrected chi connectivity index (χ2v) is 5.52. The van der Waals surface area contributed by atoms with Gasteiger partial charge in [-0.05, 0) is 29.0 Å². The Morgan fingerprint density at radius 1 is 0.800 bits per heavy atom. The Morgan fingerprint density at radius 3 is 2.30 bits per heavy atom. The average Bonchev–Trinajstić information content (AvgIpc) is 2.48. The van der Waals surface area contributed by atoms with Gasteiger partial charge < -0.3 is 5.73 Å². The molecule has 3 heteroatoms. The van der Waals surface area contributed by atoms with E-state index in [4.69, 9.17) is 5.73 Å². The molecular formula is C17H13NOS. The Balaban J connectivity index is 2.08. The van der Waals surface area contributed by atoms with E-state index >= 15 is 0 Å². The molecule has 0 heterocycles. The van der Waals surface area contributed by atoms with Crippen LogP contribution in [-0.4, -0.2) is 5.91 Å². The molecule has 0 spiro atoms. The van der Waals surface area contributed by atoms with Gasteiger partial charge in [0.15, 0.2) is 0 Å². The van der Waals surface area contributed by atoms with Crippen molar-refractivity contribution in [2.75, 3.05) is 0 Å². The number of carbonyl (C=O) groups excluding carboxylic acids is 1. The Morgan fingerprint density at radius 2 is 1.45 bits per heavy atom. The second kappa shape index (κ2) is 5.39. The van der Waals surface area contributed by atoms with E-state index in [0.29, 0.717) is 5.56 Å². The fraction of sp³-hybridized carbons (Fsp3) is 0. The molecule has 3 aromatic rings. The molecule has 3 rings (SSSR count). The maximum absolute atomic E-state index is 11.5. The molecule has 3 aromatic carbocycles. The van der Waals surface area contributed by atoms with Crippen LogP contribution in [0.25, 0.3) is 10.8 Å². The first kappa shape index (κ1) is 12.8. The van der Waals surface area contributed by atoms with Gasteiger partial charge in [-0.25, -0.2) is 0 Å². The van der Waals surface area contributed by atoms with Crippen molar-refractivity contribution >= 4 is 28.4 Å². The van der Waals surface area contributed by atoms with Crippen molar-refractivity contribution in [2.45, 2.75) is 9.79 Å². The number of benzene rings is 3. The first-order chi connectivity index (χ1) is 9.75. The summed E-state index contributed by atoms with van der Waals surface area (Å²) in [5.41, 5.74) is 5.99. The molecule has 0 aliphatic carbocycles. The van der Waals surface area contributed by atoms with Crippen LogP contribution in [0.5, 0.6) is 0 Å². The van der Waals surface area contributed by atoms with E-state index in [1.165, 1.54) is 10.8 Å². The highest BCUT2D eigenvalue weighted by molar-refractivity contribution is 7.99. The Bertz CT molecular complexity index is 777. The van der Waals surface area contributed by atoms with Crippen molar-refractivity contribution in [3.05, 3.63) is 72.3 Å². The summed E-state index contributed by atoms with van der Waals surface area (Å²) in [5, 5.41) is 2.37. The predicted molar refractivity (Wildman–Crippen MR) is 83.0 cm³/mol. The first-order valence-electron chi connectivity index (χ1n) is 6.30. The van der Waals surface area contributed by atoms with Crippen LogP contribution in [0, 0.1) is 0 Å². The van der Waals surface area contributed by atoms with Gasteiger partial charge >= 0.3 is 0 Å². The third-order valence-electron chi connectivity index (χ3n) is 3.12. The van der Waals surface area contributed by atoms with Gasteiger partial charge in [0.1, 0.15) is 0 Å². The standard InChI is InChI=1S/C17H13NOS/c18-17(19)14-9-3-4-10-16(14)20-15-11-5-7-12-6-1-2-8-13(12)15/h1-11H,(H2,18,19). The number of fused-ring (bicyclic) bond motifs is 1.